The molecule has 1 aliphatic heterocycles. The van der Waals surface area contributed by atoms with Crippen LogP contribution in [-0.2, 0) is 10.3 Å². The zero-order valence-corrected chi connectivity index (χ0v) is 13.3. The van der Waals surface area contributed by atoms with Crippen LogP contribution in [-0.4, -0.2) is 29.1 Å². The third kappa shape index (κ3) is 3.17. The van der Waals surface area contributed by atoms with Crippen molar-refractivity contribution in [3.05, 3.63) is 33.6 Å². The monoisotopic (exact) mass is 333 g/mol. The number of carboxylic acid groups (broad SMARTS) is 1. The second-order valence-electron chi connectivity index (χ2n) is 5.52. The van der Waals surface area contributed by atoms with Gasteiger partial charge >= 0.3 is 5.97 Å². The average Bonchev–Trinajstić information content (AvgIpc) is 2.71. The van der Waals surface area contributed by atoms with Crippen molar-refractivity contribution < 1.29 is 14.3 Å². The molecule has 21 heavy (non-hydrogen) atoms. The van der Waals surface area contributed by atoms with E-state index in [1.54, 1.807) is 6.92 Å². The van der Waals surface area contributed by atoms with Gasteiger partial charge in [0, 0.05) is 10.6 Å². The Kier molecular flexibility index (Phi) is 5.12. The molecule has 0 bridgehead atoms. The topological polar surface area (TPSA) is 40.5 Å². The molecule has 2 rings (SSSR count). The zero-order valence-electron chi connectivity index (χ0n) is 11.8. The lowest BCUT2D eigenvalue weighted by molar-refractivity contribution is -0.151. The predicted molar refractivity (Wildman–Crippen MR) is 81.4 cm³/mol. The first kappa shape index (κ1) is 16.5. The smallest absolute Gasteiger partial charge is 0.328 e. The number of halogens is 3. The van der Waals surface area contributed by atoms with E-state index in [9.17, 15) is 14.3 Å². The van der Waals surface area contributed by atoms with E-state index >= 15 is 0 Å². The summed E-state index contributed by atoms with van der Waals surface area (Å²) in [6, 6.07) is 2.41. The van der Waals surface area contributed by atoms with Crippen molar-refractivity contribution >= 4 is 29.2 Å². The maximum atomic E-state index is 13.8. The van der Waals surface area contributed by atoms with E-state index in [0.717, 1.165) is 31.7 Å². The number of carboxylic acids is 1. The van der Waals surface area contributed by atoms with Crippen molar-refractivity contribution in [1.29, 1.82) is 0 Å². The maximum Gasteiger partial charge on any atom is 0.328 e. The molecule has 0 amide bonds. The second kappa shape index (κ2) is 6.51. The van der Waals surface area contributed by atoms with E-state index in [0.29, 0.717) is 13.1 Å². The molecule has 6 heteroatoms. The molecule has 1 atom stereocenters. The average molecular weight is 334 g/mol. The number of nitrogens with zero attached hydrogens (tertiary/aromatic N) is 1. The number of hydrogen-bond donors (Lipinski definition) is 1. The summed E-state index contributed by atoms with van der Waals surface area (Å²) in [6.07, 6.45) is 4.01. The van der Waals surface area contributed by atoms with Crippen LogP contribution in [0, 0.1) is 5.82 Å². The van der Waals surface area contributed by atoms with E-state index in [4.69, 9.17) is 23.2 Å². The van der Waals surface area contributed by atoms with Gasteiger partial charge in [-0.15, -0.1) is 0 Å². The highest BCUT2D eigenvalue weighted by atomic mass is 35.5. The minimum atomic E-state index is -1.35. The zero-order chi connectivity index (χ0) is 15.6. The van der Waals surface area contributed by atoms with Gasteiger partial charge in [-0.3, -0.25) is 4.90 Å². The van der Waals surface area contributed by atoms with Crippen LogP contribution in [0.15, 0.2) is 12.1 Å². The van der Waals surface area contributed by atoms with Crippen LogP contribution < -0.4 is 0 Å². The molecule has 1 fully saturated rings. The van der Waals surface area contributed by atoms with Gasteiger partial charge in [0.05, 0.1) is 5.02 Å². The molecule has 3 nitrogen and oxygen atoms in total. The summed E-state index contributed by atoms with van der Waals surface area (Å²) in [6.45, 7) is 2.89. The Bertz CT molecular complexity index is 545. The van der Waals surface area contributed by atoms with Crippen LogP contribution in [0.3, 0.4) is 0 Å². The number of carbonyl (C=O) groups is 1. The van der Waals surface area contributed by atoms with E-state index in [1.807, 2.05) is 4.90 Å². The highest BCUT2D eigenvalue weighted by Crippen LogP contribution is 2.37. The first-order valence-electron chi connectivity index (χ1n) is 7.01. The normalized spacial score (nSPS) is 19.8. The summed E-state index contributed by atoms with van der Waals surface area (Å²) in [4.78, 5) is 13.8. The molecule has 116 valence electrons. The fourth-order valence-electron chi connectivity index (χ4n) is 2.83. The predicted octanol–water partition coefficient (Wildman–Crippen LogP) is 4.31. The van der Waals surface area contributed by atoms with Crippen molar-refractivity contribution in [2.24, 2.45) is 0 Å². The van der Waals surface area contributed by atoms with Gasteiger partial charge in [0.15, 0.2) is 0 Å². The van der Waals surface area contributed by atoms with Gasteiger partial charge in [0.2, 0.25) is 0 Å². The molecule has 0 aliphatic carbocycles. The quantitative estimate of drug-likeness (QED) is 0.838. The lowest BCUT2D eigenvalue weighted by Crippen LogP contribution is -2.50. The molecule has 0 saturated carbocycles. The van der Waals surface area contributed by atoms with Gasteiger partial charge in [-0.05, 0) is 45.0 Å². The summed E-state index contributed by atoms with van der Waals surface area (Å²) in [5, 5.41) is 9.83. The van der Waals surface area contributed by atoms with Crippen LogP contribution in [0.5, 0.6) is 0 Å². The van der Waals surface area contributed by atoms with Crippen LogP contribution in [0.2, 0.25) is 10.0 Å². The summed E-state index contributed by atoms with van der Waals surface area (Å²) in [5.41, 5.74) is -1.10. The number of rotatable bonds is 3. The fraction of sp³-hybridized carbons (Fsp3) is 0.533. The van der Waals surface area contributed by atoms with Crippen LogP contribution >= 0.6 is 23.2 Å². The van der Waals surface area contributed by atoms with Crippen molar-refractivity contribution in [2.75, 3.05) is 13.1 Å². The molecule has 1 heterocycles. The minimum absolute atomic E-state index is 0.104. The molecule has 1 N–H and O–H groups in total. The molecule has 1 aliphatic rings. The van der Waals surface area contributed by atoms with Gasteiger partial charge in [-0.25, -0.2) is 9.18 Å². The van der Waals surface area contributed by atoms with Crippen LogP contribution in [0.4, 0.5) is 4.39 Å². The highest BCUT2D eigenvalue weighted by Gasteiger charge is 2.43. The number of aliphatic carboxylic acids is 1. The first-order valence-corrected chi connectivity index (χ1v) is 7.76. The molecule has 1 unspecified atom stereocenters. The van der Waals surface area contributed by atoms with Gasteiger partial charge < -0.3 is 5.11 Å². The van der Waals surface area contributed by atoms with Crippen molar-refractivity contribution in [3.8, 4) is 0 Å². The first-order chi connectivity index (χ1) is 9.87. The lowest BCUT2D eigenvalue weighted by Gasteiger charge is -2.38. The van der Waals surface area contributed by atoms with E-state index < -0.39 is 17.3 Å². The minimum Gasteiger partial charge on any atom is -0.480 e. The molecule has 0 aromatic heterocycles. The molecule has 1 aromatic carbocycles. The number of benzene rings is 1. The highest BCUT2D eigenvalue weighted by molar-refractivity contribution is 6.35. The van der Waals surface area contributed by atoms with E-state index in [-0.39, 0.29) is 15.6 Å². The summed E-state index contributed by atoms with van der Waals surface area (Å²) in [7, 11) is 0. The van der Waals surface area contributed by atoms with Crippen molar-refractivity contribution in [3.63, 3.8) is 0 Å². The second-order valence-corrected chi connectivity index (χ2v) is 6.34. The third-order valence-electron chi connectivity index (χ3n) is 4.19. The Morgan fingerprint density at radius 3 is 2.29 bits per heavy atom. The molecule has 0 spiro atoms. The van der Waals surface area contributed by atoms with Crippen molar-refractivity contribution in [2.45, 2.75) is 38.1 Å². The maximum absolute atomic E-state index is 13.8. The lowest BCUT2D eigenvalue weighted by atomic mass is 9.89. The van der Waals surface area contributed by atoms with Crippen LogP contribution in [0.1, 0.15) is 38.2 Å². The van der Waals surface area contributed by atoms with Gasteiger partial charge in [0.25, 0.3) is 0 Å². The third-order valence-corrected chi connectivity index (χ3v) is 4.79. The SMILES string of the molecule is CC(C(=O)O)(c1cc(F)c(Cl)cc1Cl)N1CCCCCC1. The Hall–Kier alpha value is -0.840. The Morgan fingerprint density at radius 1 is 1.19 bits per heavy atom. The fourth-order valence-corrected chi connectivity index (χ4v) is 3.40. The van der Waals surface area contributed by atoms with E-state index in [1.165, 1.54) is 6.07 Å². The van der Waals surface area contributed by atoms with Crippen LogP contribution in [0.25, 0.3) is 0 Å². The van der Waals surface area contributed by atoms with Gasteiger partial charge in [-0.2, -0.15) is 0 Å². The molecule has 1 aromatic rings. The Balaban J connectivity index is 2.51. The molecule has 0 radical (unpaired) electrons. The molecule has 1 saturated heterocycles. The Labute approximate surface area is 133 Å². The molecular weight excluding hydrogens is 316 g/mol. The number of hydrogen-bond acceptors (Lipinski definition) is 2. The standard InChI is InChI=1S/C15H18Cl2FNO2/c1-15(14(20)21,19-6-4-2-3-5-7-19)10-8-13(18)12(17)9-11(10)16/h8-9H,2-7H2,1H3,(H,20,21). The largest absolute Gasteiger partial charge is 0.480 e. The Morgan fingerprint density at radius 2 is 1.76 bits per heavy atom. The summed E-state index contributed by atoms with van der Waals surface area (Å²) in [5.74, 6) is -1.69. The number of likely N-dealkylation sites (tertiary alicyclic amines) is 1. The summed E-state index contributed by atoms with van der Waals surface area (Å²) < 4.78 is 13.8. The van der Waals surface area contributed by atoms with Gasteiger partial charge in [-0.1, -0.05) is 36.0 Å². The van der Waals surface area contributed by atoms with E-state index in [2.05, 4.69) is 0 Å². The van der Waals surface area contributed by atoms with Crippen molar-refractivity contribution in [1.82, 2.24) is 4.90 Å². The molecular formula is C15H18Cl2FNO2. The van der Waals surface area contributed by atoms with Gasteiger partial charge in [0.1, 0.15) is 11.4 Å². The summed E-state index contributed by atoms with van der Waals surface area (Å²) >= 11 is 11.9.